The molecule has 1 unspecified atom stereocenters. The maximum absolute atomic E-state index is 12.1. The second-order valence-electron chi connectivity index (χ2n) is 4.53. The Morgan fingerprint density at radius 2 is 2.28 bits per heavy atom. The molecule has 1 heterocycles. The van der Waals surface area contributed by atoms with Crippen LogP contribution in [0.5, 0.6) is 0 Å². The molecule has 1 aromatic carbocycles. The average molecular weight is 247 g/mol. The van der Waals surface area contributed by atoms with Gasteiger partial charge >= 0.3 is 0 Å². The van der Waals surface area contributed by atoms with Gasteiger partial charge in [0.1, 0.15) is 0 Å². The van der Waals surface area contributed by atoms with Crippen LogP contribution in [0.3, 0.4) is 0 Å². The van der Waals surface area contributed by atoms with Crippen LogP contribution in [0.2, 0.25) is 0 Å². The topological polar surface area (TPSA) is 84.2 Å². The molecular weight excluding hydrogens is 230 g/mol. The highest BCUT2D eigenvalue weighted by atomic mass is 16.2. The third-order valence-corrected chi connectivity index (χ3v) is 3.22. The molecule has 4 N–H and O–H groups in total. The van der Waals surface area contributed by atoms with Crippen molar-refractivity contribution in [2.24, 2.45) is 0 Å². The molecule has 5 heteroatoms. The Morgan fingerprint density at radius 1 is 1.50 bits per heavy atom. The summed E-state index contributed by atoms with van der Waals surface area (Å²) in [4.78, 5) is 23.1. The molecule has 5 nitrogen and oxygen atoms in total. The van der Waals surface area contributed by atoms with Gasteiger partial charge in [-0.3, -0.25) is 9.59 Å². The van der Waals surface area contributed by atoms with Crippen LogP contribution in [0.1, 0.15) is 28.8 Å². The number of carbonyl (C=O) groups is 2. The van der Waals surface area contributed by atoms with Crippen LogP contribution in [-0.4, -0.2) is 24.4 Å². The molecule has 18 heavy (non-hydrogen) atoms. The molecule has 2 amide bonds. The van der Waals surface area contributed by atoms with Crippen molar-refractivity contribution in [1.82, 2.24) is 10.6 Å². The lowest BCUT2D eigenvalue weighted by Crippen LogP contribution is -2.47. The number of hydrogen-bond acceptors (Lipinski definition) is 3. The first-order valence-electron chi connectivity index (χ1n) is 6.00. The third kappa shape index (κ3) is 2.61. The Kier molecular flexibility index (Phi) is 3.50. The molecule has 0 spiro atoms. The van der Waals surface area contributed by atoms with Crippen molar-refractivity contribution >= 4 is 17.5 Å². The van der Waals surface area contributed by atoms with E-state index < -0.39 is 0 Å². The maximum atomic E-state index is 12.1. The van der Waals surface area contributed by atoms with Crippen molar-refractivity contribution in [2.45, 2.75) is 25.8 Å². The zero-order valence-corrected chi connectivity index (χ0v) is 10.3. The standard InChI is InChI=1S/C13H17N3O2/c1-8-10(3-2-4-11(8)14)13(18)16-9-5-6-12(17)15-7-9/h2-4,9H,5-7,14H2,1H3,(H,15,17)(H,16,18). The van der Waals surface area contributed by atoms with Crippen molar-refractivity contribution in [3.63, 3.8) is 0 Å². The molecule has 0 aliphatic carbocycles. The van der Waals surface area contributed by atoms with E-state index in [1.165, 1.54) is 0 Å². The number of nitrogen functional groups attached to an aromatic ring is 1. The normalized spacial score (nSPS) is 19.2. The zero-order valence-electron chi connectivity index (χ0n) is 10.3. The van der Waals surface area contributed by atoms with Crippen LogP contribution in [0.25, 0.3) is 0 Å². The lowest BCUT2D eigenvalue weighted by atomic mass is 10.0. The van der Waals surface area contributed by atoms with Gasteiger partial charge in [-0.05, 0) is 31.0 Å². The second-order valence-corrected chi connectivity index (χ2v) is 4.53. The molecule has 0 aromatic heterocycles. The first kappa shape index (κ1) is 12.4. The highest BCUT2D eigenvalue weighted by molar-refractivity contribution is 5.97. The van der Waals surface area contributed by atoms with Gasteiger partial charge in [0.15, 0.2) is 0 Å². The van der Waals surface area contributed by atoms with Crippen LogP contribution < -0.4 is 16.4 Å². The van der Waals surface area contributed by atoms with Crippen LogP contribution in [0, 0.1) is 6.92 Å². The number of benzene rings is 1. The minimum Gasteiger partial charge on any atom is -0.398 e. The summed E-state index contributed by atoms with van der Waals surface area (Å²) in [5.74, 6) is -0.0958. The van der Waals surface area contributed by atoms with E-state index in [0.717, 1.165) is 5.56 Å². The lowest BCUT2D eigenvalue weighted by molar-refractivity contribution is -0.122. The van der Waals surface area contributed by atoms with Crippen molar-refractivity contribution < 1.29 is 9.59 Å². The van der Waals surface area contributed by atoms with Gasteiger partial charge in [0, 0.05) is 30.3 Å². The Balaban J connectivity index is 2.03. The van der Waals surface area contributed by atoms with E-state index in [9.17, 15) is 9.59 Å². The number of piperidine rings is 1. The van der Waals surface area contributed by atoms with Crippen LogP contribution >= 0.6 is 0 Å². The Labute approximate surface area is 106 Å². The Morgan fingerprint density at radius 3 is 2.94 bits per heavy atom. The summed E-state index contributed by atoms with van der Waals surface area (Å²) in [6.07, 6.45) is 1.14. The second kappa shape index (κ2) is 5.08. The van der Waals surface area contributed by atoms with E-state index >= 15 is 0 Å². The molecule has 1 aliphatic rings. The molecule has 1 aliphatic heterocycles. The van der Waals surface area contributed by atoms with Crippen molar-refractivity contribution in [3.8, 4) is 0 Å². The van der Waals surface area contributed by atoms with Gasteiger partial charge in [-0.1, -0.05) is 6.07 Å². The molecule has 0 saturated carbocycles. The third-order valence-electron chi connectivity index (χ3n) is 3.22. The van der Waals surface area contributed by atoms with Gasteiger partial charge < -0.3 is 16.4 Å². The maximum Gasteiger partial charge on any atom is 0.251 e. The zero-order chi connectivity index (χ0) is 13.1. The summed E-state index contributed by atoms with van der Waals surface area (Å²) in [5, 5.41) is 5.65. The van der Waals surface area contributed by atoms with Gasteiger partial charge in [-0.15, -0.1) is 0 Å². The summed E-state index contributed by atoms with van der Waals surface area (Å²) < 4.78 is 0. The molecule has 1 fully saturated rings. The number of hydrogen-bond donors (Lipinski definition) is 3. The van der Waals surface area contributed by atoms with Crippen LogP contribution in [0.4, 0.5) is 5.69 Å². The number of anilines is 1. The van der Waals surface area contributed by atoms with Crippen molar-refractivity contribution in [3.05, 3.63) is 29.3 Å². The van der Waals surface area contributed by atoms with E-state index in [1.54, 1.807) is 18.2 Å². The molecule has 96 valence electrons. The highest BCUT2D eigenvalue weighted by Crippen LogP contribution is 2.15. The van der Waals surface area contributed by atoms with Gasteiger partial charge in [-0.25, -0.2) is 0 Å². The predicted octanol–water partition coefficient (Wildman–Crippen LogP) is 0.586. The summed E-state index contributed by atoms with van der Waals surface area (Å²) in [6.45, 7) is 2.32. The van der Waals surface area contributed by atoms with Crippen LogP contribution in [-0.2, 0) is 4.79 Å². The largest absolute Gasteiger partial charge is 0.398 e. The van der Waals surface area contributed by atoms with Gasteiger partial charge in [-0.2, -0.15) is 0 Å². The first-order valence-corrected chi connectivity index (χ1v) is 6.00. The highest BCUT2D eigenvalue weighted by Gasteiger charge is 2.20. The number of amides is 2. The molecule has 0 radical (unpaired) electrons. The first-order chi connectivity index (χ1) is 8.58. The van der Waals surface area contributed by atoms with Crippen molar-refractivity contribution in [1.29, 1.82) is 0 Å². The number of carbonyl (C=O) groups excluding carboxylic acids is 2. The minimum absolute atomic E-state index is 0.00368. The van der Waals surface area contributed by atoms with E-state index in [-0.39, 0.29) is 17.9 Å². The quantitative estimate of drug-likeness (QED) is 0.669. The summed E-state index contributed by atoms with van der Waals surface area (Å²) >= 11 is 0. The molecule has 2 rings (SSSR count). The average Bonchev–Trinajstić information content (AvgIpc) is 2.35. The van der Waals surface area contributed by atoms with Gasteiger partial charge in [0.2, 0.25) is 5.91 Å². The molecular formula is C13H17N3O2. The van der Waals surface area contributed by atoms with E-state index in [0.29, 0.717) is 30.6 Å². The molecule has 0 bridgehead atoms. The number of nitrogens with two attached hydrogens (primary N) is 1. The Bertz CT molecular complexity index is 475. The smallest absolute Gasteiger partial charge is 0.251 e. The number of rotatable bonds is 2. The summed E-state index contributed by atoms with van der Waals surface area (Å²) in [6, 6.07) is 5.28. The minimum atomic E-state index is -0.138. The van der Waals surface area contributed by atoms with E-state index in [4.69, 9.17) is 5.73 Å². The SMILES string of the molecule is Cc1c(N)cccc1C(=O)NC1CCC(=O)NC1. The number of nitrogens with one attached hydrogen (secondary N) is 2. The predicted molar refractivity (Wildman–Crippen MR) is 69.1 cm³/mol. The van der Waals surface area contributed by atoms with E-state index in [1.807, 2.05) is 6.92 Å². The fourth-order valence-corrected chi connectivity index (χ4v) is 2.02. The van der Waals surface area contributed by atoms with E-state index in [2.05, 4.69) is 10.6 Å². The summed E-state index contributed by atoms with van der Waals surface area (Å²) in [5.41, 5.74) is 7.76. The van der Waals surface area contributed by atoms with Crippen molar-refractivity contribution in [2.75, 3.05) is 12.3 Å². The fourth-order valence-electron chi connectivity index (χ4n) is 2.02. The molecule has 1 aromatic rings. The van der Waals surface area contributed by atoms with Crippen LogP contribution in [0.15, 0.2) is 18.2 Å². The lowest BCUT2D eigenvalue weighted by Gasteiger charge is -2.23. The van der Waals surface area contributed by atoms with Gasteiger partial charge in [0.25, 0.3) is 5.91 Å². The van der Waals surface area contributed by atoms with Gasteiger partial charge in [0.05, 0.1) is 0 Å². The monoisotopic (exact) mass is 247 g/mol. The Hall–Kier alpha value is -2.04. The fraction of sp³-hybridized carbons (Fsp3) is 0.385. The summed E-state index contributed by atoms with van der Waals surface area (Å²) in [7, 11) is 0. The molecule has 1 atom stereocenters. The molecule has 1 saturated heterocycles.